The minimum atomic E-state index is -0.506. The van der Waals surface area contributed by atoms with Crippen molar-refractivity contribution in [3.8, 4) is 23.0 Å². The van der Waals surface area contributed by atoms with Crippen molar-refractivity contribution in [3.05, 3.63) is 86.3 Å². The molecule has 3 aromatic rings. The van der Waals surface area contributed by atoms with Crippen molar-refractivity contribution in [2.75, 3.05) is 26.9 Å². The number of para-hydroxylation sites is 2. The highest BCUT2D eigenvalue weighted by Crippen LogP contribution is 2.38. The monoisotopic (exact) mass is 645 g/mol. The molecule has 38 heavy (non-hydrogen) atoms. The largest absolute Gasteiger partial charge is 0.493 e. The van der Waals surface area contributed by atoms with E-state index in [1.54, 1.807) is 61.7 Å². The number of rotatable bonds is 10. The van der Waals surface area contributed by atoms with Crippen molar-refractivity contribution in [2.45, 2.75) is 6.92 Å². The predicted molar refractivity (Wildman–Crippen MR) is 153 cm³/mol. The van der Waals surface area contributed by atoms with E-state index in [2.05, 4.69) is 22.6 Å². The molecule has 0 unspecified atom stereocenters. The van der Waals surface area contributed by atoms with Crippen LogP contribution in [-0.4, -0.2) is 48.9 Å². The number of imide groups is 1. The summed E-state index contributed by atoms with van der Waals surface area (Å²) in [7, 11) is 1.54. The lowest BCUT2D eigenvalue weighted by atomic mass is 10.1. The van der Waals surface area contributed by atoms with Gasteiger partial charge in [0.2, 0.25) is 0 Å². The van der Waals surface area contributed by atoms with Crippen LogP contribution in [0.4, 0.5) is 4.79 Å². The second-order valence-electron chi connectivity index (χ2n) is 7.85. The number of thioether (sulfide) groups is 1. The van der Waals surface area contributed by atoms with E-state index in [9.17, 15) is 14.4 Å². The molecule has 0 atom stereocenters. The molecule has 3 aromatic carbocycles. The van der Waals surface area contributed by atoms with E-state index in [0.717, 1.165) is 16.7 Å². The standard InChI is InChI=1S/C28H24INO7S/c1-3-35-23-16-18(15-20(29)25(23)37-27(32)19-9-5-4-6-10-19)17-24-26(31)30(28(33)38-24)13-14-36-22-12-8-7-11-21(22)34-2/h4-12,15-17H,3,13-14H2,1-2H3/b24-17-. The normalized spacial score (nSPS) is 14.1. The summed E-state index contributed by atoms with van der Waals surface area (Å²) in [6.45, 7) is 2.38. The van der Waals surface area contributed by atoms with E-state index >= 15 is 0 Å². The Kier molecular flexibility index (Phi) is 9.29. The summed E-state index contributed by atoms with van der Waals surface area (Å²) in [5.41, 5.74) is 1.05. The molecular formula is C28H24INO7S. The van der Waals surface area contributed by atoms with Crippen LogP contribution >= 0.6 is 34.4 Å². The number of methoxy groups -OCH3 is 1. The zero-order valence-electron chi connectivity index (χ0n) is 20.6. The molecule has 1 heterocycles. The number of hydrogen-bond acceptors (Lipinski definition) is 8. The summed E-state index contributed by atoms with van der Waals surface area (Å²) in [6, 6.07) is 19.3. The Morgan fingerprint density at radius 2 is 1.68 bits per heavy atom. The topological polar surface area (TPSA) is 91.4 Å². The maximum absolute atomic E-state index is 13.0. The molecule has 8 nitrogen and oxygen atoms in total. The fraction of sp³-hybridized carbons (Fsp3) is 0.179. The number of hydrogen-bond donors (Lipinski definition) is 0. The minimum absolute atomic E-state index is 0.0934. The van der Waals surface area contributed by atoms with Gasteiger partial charge in [-0.15, -0.1) is 0 Å². The Morgan fingerprint density at radius 1 is 0.974 bits per heavy atom. The summed E-state index contributed by atoms with van der Waals surface area (Å²) in [5, 5.41) is -0.377. The van der Waals surface area contributed by atoms with Crippen LogP contribution in [0.15, 0.2) is 71.6 Å². The third-order valence-corrected chi connectivity index (χ3v) is 7.06. The predicted octanol–water partition coefficient (Wildman–Crippen LogP) is 6.03. The van der Waals surface area contributed by atoms with Crippen molar-refractivity contribution in [1.82, 2.24) is 4.90 Å². The molecule has 196 valence electrons. The van der Waals surface area contributed by atoms with E-state index < -0.39 is 11.9 Å². The molecule has 2 amide bonds. The van der Waals surface area contributed by atoms with Gasteiger partial charge in [-0.2, -0.15) is 0 Å². The first kappa shape index (κ1) is 27.5. The molecule has 1 fully saturated rings. The van der Waals surface area contributed by atoms with Gasteiger partial charge in [0, 0.05) is 0 Å². The summed E-state index contributed by atoms with van der Waals surface area (Å²) in [4.78, 5) is 39.6. The van der Waals surface area contributed by atoms with Crippen molar-refractivity contribution < 1.29 is 33.3 Å². The Morgan fingerprint density at radius 3 is 2.39 bits per heavy atom. The summed E-state index contributed by atoms with van der Waals surface area (Å²) in [5.74, 6) is 0.840. The first-order valence-electron chi connectivity index (χ1n) is 11.7. The average Bonchev–Trinajstić information content (AvgIpc) is 3.18. The number of esters is 1. The van der Waals surface area contributed by atoms with Crippen LogP contribution in [0.5, 0.6) is 23.0 Å². The van der Waals surface area contributed by atoms with Crippen molar-refractivity contribution in [3.63, 3.8) is 0 Å². The van der Waals surface area contributed by atoms with E-state index in [0.29, 0.717) is 44.3 Å². The number of benzene rings is 3. The van der Waals surface area contributed by atoms with Crippen LogP contribution in [0.1, 0.15) is 22.8 Å². The quantitative estimate of drug-likeness (QED) is 0.114. The van der Waals surface area contributed by atoms with Crippen molar-refractivity contribution >= 4 is 57.5 Å². The average molecular weight is 645 g/mol. The molecule has 1 saturated heterocycles. The molecule has 0 spiro atoms. The van der Waals surface area contributed by atoms with E-state index in [-0.39, 0.29) is 23.3 Å². The molecule has 0 aliphatic carbocycles. The van der Waals surface area contributed by atoms with Crippen LogP contribution in [0, 0.1) is 3.57 Å². The lowest BCUT2D eigenvalue weighted by molar-refractivity contribution is -0.123. The SMILES string of the molecule is CCOc1cc(/C=C2\SC(=O)N(CCOc3ccccc3OC)C2=O)cc(I)c1OC(=O)c1ccccc1. The molecule has 0 aromatic heterocycles. The zero-order valence-corrected chi connectivity index (χ0v) is 23.6. The first-order chi connectivity index (χ1) is 18.4. The van der Waals surface area contributed by atoms with Gasteiger partial charge in [0.25, 0.3) is 11.1 Å². The highest BCUT2D eigenvalue weighted by molar-refractivity contribution is 14.1. The smallest absolute Gasteiger partial charge is 0.343 e. The Hall–Kier alpha value is -3.51. The van der Waals surface area contributed by atoms with E-state index in [1.807, 2.05) is 25.1 Å². The summed E-state index contributed by atoms with van der Waals surface area (Å²) >= 11 is 2.91. The van der Waals surface area contributed by atoms with Gasteiger partial charge < -0.3 is 18.9 Å². The molecule has 10 heteroatoms. The number of ether oxygens (including phenoxy) is 4. The fourth-order valence-electron chi connectivity index (χ4n) is 3.59. The van der Waals surface area contributed by atoms with Gasteiger partial charge in [-0.1, -0.05) is 30.3 Å². The maximum Gasteiger partial charge on any atom is 0.343 e. The third-order valence-electron chi connectivity index (χ3n) is 5.35. The molecule has 0 bridgehead atoms. The number of carbonyl (C=O) groups is 3. The molecular weight excluding hydrogens is 621 g/mol. The third kappa shape index (κ3) is 6.48. The van der Waals surface area contributed by atoms with Crippen molar-refractivity contribution in [2.24, 2.45) is 0 Å². The van der Waals surface area contributed by atoms with Gasteiger partial charge >= 0.3 is 5.97 Å². The first-order valence-corrected chi connectivity index (χ1v) is 13.6. The van der Waals surface area contributed by atoms with Gasteiger partial charge in [-0.3, -0.25) is 14.5 Å². The number of halogens is 1. The second kappa shape index (κ2) is 12.8. The van der Waals surface area contributed by atoms with Crippen LogP contribution in [0.25, 0.3) is 6.08 Å². The van der Waals surface area contributed by atoms with E-state index in [1.165, 1.54) is 0 Å². The molecule has 0 N–H and O–H groups in total. The highest BCUT2D eigenvalue weighted by Gasteiger charge is 2.35. The van der Waals surface area contributed by atoms with Gasteiger partial charge in [0.05, 0.1) is 34.3 Å². The van der Waals surface area contributed by atoms with Crippen LogP contribution < -0.4 is 18.9 Å². The van der Waals surface area contributed by atoms with E-state index in [4.69, 9.17) is 18.9 Å². The molecule has 4 rings (SSSR count). The minimum Gasteiger partial charge on any atom is -0.493 e. The Labute approximate surface area is 238 Å². The lowest BCUT2D eigenvalue weighted by Gasteiger charge is -2.15. The Bertz CT molecular complexity index is 1380. The molecule has 1 aliphatic heterocycles. The van der Waals surface area contributed by atoms with Crippen LogP contribution in [-0.2, 0) is 4.79 Å². The van der Waals surface area contributed by atoms with Gasteiger partial charge in [-0.25, -0.2) is 4.79 Å². The van der Waals surface area contributed by atoms with Crippen molar-refractivity contribution in [1.29, 1.82) is 0 Å². The highest BCUT2D eigenvalue weighted by atomic mass is 127. The fourth-order valence-corrected chi connectivity index (χ4v) is 5.19. The second-order valence-corrected chi connectivity index (χ2v) is 10.0. The molecule has 0 radical (unpaired) electrons. The Balaban J connectivity index is 1.49. The number of nitrogens with zero attached hydrogens (tertiary/aromatic N) is 1. The van der Waals surface area contributed by atoms with Crippen LogP contribution in [0.3, 0.4) is 0 Å². The van der Waals surface area contributed by atoms with Gasteiger partial charge in [0.1, 0.15) is 6.61 Å². The number of carbonyl (C=O) groups excluding carboxylic acids is 3. The lowest BCUT2D eigenvalue weighted by Crippen LogP contribution is -2.32. The van der Waals surface area contributed by atoms with Gasteiger partial charge in [0.15, 0.2) is 23.0 Å². The summed E-state index contributed by atoms with van der Waals surface area (Å²) in [6.07, 6.45) is 1.62. The molecule has 1 aliphatic rings. The van der Waals surface area contributed by atoms with Gasteiger partial charge in [-0.05, 0) is 89.3 Å². The zero-order chi connectivity index (χ0) is 27.1. The number of amides is 2. The summed E-state index contributed by atoms with van der Waals surface area (Å²) < 4.78 is 23.0. The molecule has 0 saturated carbocycles. The van der Waals surface area contributed by atoms with Crippen LogP contribution in [0.2, 0.25) is 0 Å². The maximum atomic E-state index is 13.0.